The second kappa shape index (κ2) is 9.76. The van der Waals surface area contributed by atoms with Crippen molar-refractivity contribution in [2.45, 2.75) is 33.2 Å². The van der Waals surface area contributed by atoms with Crippen molar-refractivity contribution < 1.29 is 9.53 Å². The Labute approximate surface area is 162 Å². The maximum atomic E-state index is 11.5. The number of hydrogen-bond donors (Lipinski definition) is 2. The number of likely N-dealkylation sites (tertiary alicyclic amines) is 1. The third-order valence-corrected chi connectivity index (χ3v) is 4.65. The van der Waals surface area contributed by atoms with Crippen molar-refractivity contribution in [1.82, 2.24) is 15.1 Å². The molecule has 0 aromatic rings. The molecule has 2 aliphatic heterocycles. The highest BCUT2D eigenvalue weighted by Gasteiger charge is 2.31. The van der Waals surface area contributed by atoms with Crippen molar-refractivity contribution in [3.8, 4) is 0 Å². The van der Waals surface area contributed by atoms with Gasteiger partial charge in [0.15, 0.2) is 5.96 Å². The van der Waals surface area contributed by atoms with E-state index in [0.29, 0.717) is 12.6 Å². The lowest BCUT2D eigenvalue weighted by Gasteiger charge is -2.32. The zero-order chi connectivity index (χ0) is 16.9. The van der Waals surface area contributed by atoms with Gasteiger partial charge in [0.2, 0.25) is 5.91 Å². The fourth-order valence-corrected chi connectivity index (χ4v) is 2.95. The first-order valence-electron chi connectivity index (χ1n) is 8.59. The van der Waals surface area contributed by atoms with Crippen LogP contribution in [0.3, 0.4) is 0 Å². The number of ether oxygens (including phenoxy) is 1. The first-order chi connectivity index (χ1) is 10.9. The predicted octanol–water partition coefficient (Wildman–Crippen LogP) is 0.488. The Balaban J connectivity index is 0.00000288. The van der Waals surface area contributed by atoms with Crippen LogP contribution in [0.1, 0.15) is 27.2 Å². The van der Waals surface area contributed by atoms with Crippen LogP contribution >= 0.6 is 24.0 Å². The molecule has 8 heteroatoms. The maximum Gasteiger partial charge on any atom is 0.224 e. The predicted molar refractivity (Wildman–Crippen MR) is 107 cm³/mol. The molecule has 1 unspecified atom stereocenters. The van der Waals surface area contributed by atoms with Crippen LogP contribution in [-0.4, -0.2) is 80.2 Å². The highest BCUT2D eigenvalue weighted by molar-refractivity contribution is 14.0. The van der Waals surface area contributed by atoms with Gasteiger partial charge in [-0.15, -0.1) is 24.0 Å². The molecule has 0 saturated carbocycles. The van der Waals surface area contributed by atoms with E-state index >= 15 is 0 Å². The summed E-state index contributed by atoms with van der Waals surface area (Å²) < 4.78 is 5.44. The van der Waals surface area contributed by atoms with Gasteiger partial charge in [-0.05, 0) is 27.2 Å². The molecule has 0 aromatic heterocycles. The number of nitrogens with one attached hydrogen (secondary N) is 1. The highest BCUT2D eigenvalue weighted by Crippen LogP contribution is 2.18. The Morgan fingerprint density at radius 1 is 1.33 bits per heavy atom. The quantitative estimate of drug-likeness (QED) is 0.360. The van der Waals surface area contributed by atoms with Crippen molar-refractivity contribution in [2.75, 3.05) is 52.5 Å². The smallest absolute Gasteiger partial charge is 0.224 e. The lowest BCUT2D eigenvalue weighted by molar-refractivity contribution is -0.125. The van der Waals surface area contributed by atoms with Crippen LogP contribution in [0.5, 0.6) is 0 Å². The molecule has 2 rings (SSSR count). The van der Waals surface area contributed by atoms with Gasteiger partial charge in [0.25, 0.3) is 0 Å². The summed E-state index contributed by atoms with van der Waals surface area (Å²) in [6.07, 6.45) is 1.14. The summed E-state index contributed by atoms with van der Waals surface area (Å²) in [7, 11) is 0. The SMILES string of the molecule is CCNC(=NCC(C)(C)C(N)=O)N1CCC(N2CCOCC2)C1.I. The summed E-state index contributed by atoms with van der Waals surface area (Å²) in [6, 6.07) is 0.562. The van der Waals surface area contributed by atoms with Gasteiger partial charge in [0.1, 0.15) is 0 Å². The lowest BCUT2D eigenvalue weighted by Crippen LogP contribution is -2.47. The van der Waals surface area contributed by atoms with Gasteiger partial charge in [-0.2, -0.15) is 0 Å². The average Bonchev–Trinajstić information content (AvgIpc) is 3.02. The van der Waals surface area contributed by atoms with Crippen molar-refractivity contribution in [3.63, 3.8) is 0 Å². The Morgan fingerprint density at radius 2 is 2.00 bits per heavy atom. The molecule has 7 nitrogen and oxygen atoms in total. The van der Waals surface area contributed by atoms with Gasteiger partial charge >= 0.3 is 0 Å². The van der Waals surface area contributed by atoms with E-state index in [9.17, 15) is 4.79 Å². The number of morpholine rings is 1. The summed E-state index contributed by atoms with van der Waals surface area (Å²) in [6.45, 7) is 12.6. The van der Waals surface area contributed by atoms with Gasteiger partial charge in [0, 0.05) is 38.8 Å². The maximum absolute atomic E-state index is 11.5. The molecule has 2 aliphatic rings. The van der Waals surface area contributed by atoms with E-state index < -0.39 is 5.41 Å². The standard InChI is InChI=1S/C16H31N5O2.HI/c1-4-18-15(19-12-16(2,3)14(17)22)21-6-5-13(11-21)20-7-9-23-10-8-20;/h13H,4-12H2,1-3H3,(H2,17,22)(H,18,19);1H. The number of nitrogens with two attached hydrogens (primary N) is 1. The molecule has 0 bridgehead atoms. The van der Waals surface area contributed by atoms with E-state index in [-0.39, 0.29) is 29.9 Å². The Morgan fingerprint density at radius 3 is 2.58 bits per heavy atom. The minimum absolute atomic E-state index is 0. The average molecular weight is 453 g/mol. The van der Waals surface area contributed by atoms with Gasteiger partial charge < -0.3 is 20.7 Å². The van der Waals surface area contributed by atoms with E-state index in [2.05, 4.69) is 27.0 Å². The Bertz CT molecular complexity index is 438. The number of carbonyl (C=O) groups excluding carboxylic acids is 1. The number of halogens is 1. The number of amides is 1. The number of carbonyl (C=O) groups is 1. The zero-order valence-corrected chi connectivity index (χ0v) is 17.4. The molecule has 2 heterocycles. The van der Waals surface area contributed by atoms with Gasteiger partial charge in [-0.3, -0.25) is 14.7 Å². The third-order valence-electron chi connectivity index (χ3n) is 4.65. The van der Waals surface area contributed by atoms with Crippen LogP contribution < -0.4 is 11.1 Å². The van der Waals surface area contributed by atoms with Crippen LogP contribution in [0, 0.1) is 5.41 Å². The van der Waals surface area contributed by atoms with E-state index in [1.165, 1.54) is 0 Å². The molecular formula is C16H32IN5O2. The first kappa shape index (κ1) is 21.4. The molecule has 2 fully saturated rings. The molecule has 24 heavy (non-hydrogen) atoms. The summed E-state index contributed by atoms with van der Waals surface area (Å²) in [5.74, 6) is 0.572. The topological polar surface area (TPSA) is 83.2 Å². The van der Waals surface area contributed by atoms with Gasteiger partial charge in [0.05, 0.1) is 25.2 Å². The minimum Gasteiger partial charge on any atom is -0.379 e. The summed E-state index contributed by atoms with van der Waals surface area (Å²) >= 11 is 0. The van der Waals surface area contributed by atoms with Crippen molar-refractivity contribution in [3.05, 3.63) is 0 Å². The lowest BCUT2D eigenvalue weighted by atomic mass is 9.93. The molecule has 0 aromatic carbocycles. The number of guanidine groups is 1. The van der Waals surface area contributed by atoms with E-state index in [4.69, 9.17) is 10.5 Å². The number of aliphatic imine (C=N–C) groups is 1. The van der Waals surface area contributed by atoms with Crippen LogP contribution in [-0.2, 0) is 9.53 Å². The second-order valence-corrected chi connectivity index (χ2v) is 6.96. The third kappa shape index (κ3) is 5.73. The minimum atomic E-state index is -0.621. The number of primary amides is 1. The Kier molecular flexibility index (Phi) is 8.72. The fourth-order valence-electron chi connectivity index (χ4n) is 2.95. The molecule has 2 saturated heterocycles. The van der Waals surface area contributed by atoms with Crippen LogP contribution in [0.25, 0.3) is 0 Å². The van der Waals surface area contributed by atoms with Crippen LogP contribution in [0.4, 0.5) is 0 Å². The first-order valence-corrected chi connectivity index (χ1v) is 8.59. The van der Waals surface area contributed by atoms with Crippen LogP contribution in [0.2, 0.25) is 0 Å². The summed E-state index contributed by atoms with van der Waals surface area (Å²) in [5.41, 5.74) is 4.82. The number of nitrogens with zero attached hydrogens (tertiary/aromatic N) is 3. The normalized spacial score (nSPS) is 23.0. The van der Waals surface area contributed by atoms with Crippen molar-refractivity contribution in [2.24, 2.45) is 16.1 Å². The van der Waals surface area contributed by atoms with E-state index in [0.717, 1.165) is 58.3 Å². The Hall–Kier alpha value is -0.610. The molecule has 0 radical (unpaired) electrons. The molecule has 1 atom stereocenters. The fraction of sp³-hybridized carbons (Fsp3) is 0.875. The molecule has 0 aliphatic carbocycles. The highest BCUT2D eigenvalue weighted by atomic mass is 127. The van der Waals surface area contributed by atoms with E-state index in [1.807, 2.05) is 13.8 Å². The van der Waals surface area contributed by atoms with Crippen molar-refractivity contribution >= 4 is 35.8 Å². The second-order valence-electron chi connectivity index (χ2n) is 6.96. The molecule has 3 N–H and O–H groups in total. The van der Waals surface area contributed by atoms with E-state index in [1.54, 1.807) is 0 Å². The molecule has 140 valence electrons. The molecule has 1 amide bonds. The number of hydrogen-bond acceptors (Lipinski definition) is 4. The molecular weight excluding hydrogens is 421 g/mol. The monoisotopic (exact) mass is 453 g/mol. The molecule has 0 spiro atoms. The summed E-state index contributed by atoms with van der Waals surface area (Å²) in [4.78, 5) is 20.9. The largest absolute Gasteiger partial charge is 0.379 e. The van der Waals surface area contributed by atoms with Crippen molar-refractivity contribution in [1.29, 1.82) is 0 Å². The van der Waals surface area contributed by atoms with Gasteiger partial charge in [-0.25, -0.2) is 0 Å². The summed E-state index contributed by atoms with van der Waals surface area (Å²) in [5, 5.41) is 3.34. The number of rotatable bonds is 5. The van der Waals surface area contributed by atoms with Gasteiger partial charge in [-0.1, -0.05) is 0 Å². The zero-order valence-electron chi connectivity index (χ0n) is 15.1. The van der Waals surface area contributed by atoms with Crippen LogP contribution in [0.15, 0.2) is 4.99 Å².